The molecular formula is C32H30BrClN4O. The highest BCUT2D eigenvalue weighted by Gasteiger charge is 2.27. The lowest BCUT2D eigenvalue weighted by Crippen LogP contribution is -2.38. The van der Waals surface area contributed by atoms with E-state index in [1.807, 2.05) is 64.4 Å². The van der Waals surface area contributed by atoms with E-state index < -0.39 is 0 Å². The summed E-state index contributed by atoms with van der Waals surface area (Å²) in [6, 6.07) is 15.9. The number of benzene rings is 2. The number of aromatic nitrogens is 3. The first-order chi connectivity index (χ1) is 19.0. The number of rotatable bonds is 5. The summed E-state index contributed by atoms with van der Waals surface area (Å²) >= 11 is 10.3. The van der Waals surface area contributed by atoms with E-state index in [1.54, 1.807) is 0 Å². The molecule has 0 radical (unpaired) electrons. The molecule has 198 valence electrons. The predicted molar refractivity (Wildman–Crippen MR) is 163 cm³/mol. The first-order valence-corrected chi connectivity index (χ1v) is 14.6. The SMILES string of the molecule is C=C(CC1CCN(C(=O)c2c[nH]c3ccccc23)CC1)/C1=C/C(c2ccccc2Cl)=CCCc2c(Br)cnn21. The average molecular weight is 602 g/mol. The number of carbonyl (C=O) groups excluding carboxylic acids is 1. The minimum absolute atomic E-state index is 0.105. The lowest BCUT2D eigenvalue weighted by atomic mass is 9.88. The fourth-order valence-corrected chi connectivity index (χ4v) is 6.47. The Bertz CT molecular complexity index is 1620. The summed E-state index contributed by atoms with van der Waals surface area (Å²) in [6.45, 7) is 6.04. The van der Waals surface area contributed by atoms with Crippen molar-refractivity contribution in [2.75, 3.05) is 13.1 Å². The van der Waals surface area contributed by atoms with E-state index in [-0.39, 0.29) is 5.91 Å². The summed E-state index contributed by atoms with van der Waals surface area (Å²) in [4.78, 5) is 18.5. The van der Waals surface area contributed by atoms with Crippen LogP contribution in [0.4, 0.5) is 0 Å². The molecule has 1 fully saturated rings. The van der Waals surface area contributed by atoms with Gasteiger partial charge >= 0.3 is 0 Å². The molecule has 0 unspecified atom stereocenters. The van der Waals surface area contributed by atoms with Crippen LogP contribution >= 0.6 is 27.5 Å². The van der Waals surface area contributed by atoms with Gasteiger partial charge in [0.2, 0.25) is 0 Å². The van der Waals surface area contributed by atoms with Crippen LogP contribution in [0.25, 0.3) is 22.2 Å². The third-order valence-corrected chi connectivity index (χ3v) is 8.88. The molecule has 2 aliphatic heterocycles. The van der Waals surface area contributed by atoms with Gasteiger partial charge < -0.3 is 9.88 Å². The Kier molecular flexibility index (Phi) is 7.32. The van der Waals surface area contributed by atoms with Crippen molar-refractivity contribution in [3.8, 4) is 0 Å². The van der Waals surface area contributed by atoms with Gasteiger partial charge in [-0.2, -0.15) is 5.10 Å². The topological polar surface area (TPSA) is 53.9 Å². The number of aromatic amines is 1. The second-order valence-corrected chi connectivity index (χ2v) is 11.6. The summed E-state index contributed by atoms with van der Waals surface area (Å²) in [5, 5.41) is 6.44. The van der Waals surface area contributed by atoms with Gasteiger partial charge in [-0.25, -0.2) is 4.68 Å². The maximum atomic E-state index is 13.3. The van der Waals surface area contributed by atoms with E-state index in [9.17, 15) is 4.79 Å². The highest BCUT2D eigenvalue weighted by molar-refractivity contribution is 9.10. The number of halogens is 2. The Labute approximate surface area is 242 Å². The van der Waals surface area contributed by atoms with E-state index >= 15 is 0 Å². The number of hydrogen-bond acceptors (Lipinski definition) is 2. The Balaban J connectivity index is 1.20. The van der Waals surface area contributed by atoms with Crippen LogP contribution in [-0.2, 0) is 6.42 Å². The first kappa shape index (κ1) is 25.9. The summed E-state index contributed by atoms with van der Waals surface area (Å²) in [7, 11) is 0. The van der Waals surface area contributed by atoms with Crippen molar-refractivity contribution >= 4 is 55.6 Å². The van der Waals surface area contributed by atoms with E-state index in [2.05, 4.69) is 45.7 Å². The van der Waals surface area contributed by atoms with Gasteiger partial charge in [0.1, 0.15) is 0 Å². The number of carbonyl (C=O) groups is 1. The summed E-state index contributed by atoms with van der Waals surface area (Å²) < 4.78 is 3.05. The van der Waals surface area contributed by atoms with Crippen LogP contribution in [0.3, 0.4) is 0 Å². The second kappa shape index (κ2) is 11.0. The Hall–Kier alpha value is -3.35. The van der Waals surface area contributed by atoms with E-state index in [1.165, 1.54) is 0 Å². The Morgan fingerprint density at radius 3 is 2.72 bits per heavy atom. The molecule has 0 bridgehead atoms. The van der Waals surface area contributed by atoms with Crippen LogP contribution in [0.1, 0.15) is 47.3 Å². The van der Waals surface area contributed by atoms with Crippen LogP contribution in [0.15, 0.2) is 89.7 Å². The van der Waals surface area contributed by atoms with Gasteiger partial charge in [-0.3, -0.25) is 4.79 Å². The van der Waals surface area contributed by atoms with Crippen molar-refractivity contribution < 1.29 is 4.79 Å². The van der Waals surface area contributed by atoms with Crippen molar-refractivity contribution in [3.63, 3.8) is 0 Å². The number of fused-ring (bicyclic) bond motifs is 2. The summed E-state index contributed by atoms with van der Waals surface area (Å²) in [6.07, 6.45) is 12.7. The zero-order chi connectivity index (χ0) is 26.9. The normalized spacial score (nSPS) is 17.6. The molecule has 0 saturated carbocycles. The van der Waals surface area contributed by atoms with Crippen LogP contribution < -0.4 is 0 Å². The third-order valence-electron chi connectivity index (χ3n) is 7.89. The molecule has 1 N–H and O–H groups in total. The van der Waals surface area contributed by atoms with Crippen LogP contribution in [-0.4, -0.2) is 38.7 Å². The molecule has 1 amide bonds. The number of para-hydroxylation sites is 1. The molecule has 6 rings (SSSR count). The standard InChI is InChI=1S/C32H30BrClN4O/c1-21(17-22-13-15-37(16-14-22)32(39)26-19-35-29-11-5-3-9-25(26)29)31-18-23(24-8-2-4-10-28(24)34)7-6-12-30-27(33)20-36-38(30)31/h2-5,7-11,18-20,22,35H,1,6,12-17H2/b23-7?,31-18-. The molecule has 0 spiro atoms. The maximum absolute atomic E-state index is 13.3. The van der Waals surface area contributed by atoms with Crippen LogP contribution in [0.2, 0.25) is 5.02 Å². The fourth-order valence-electron chi connectivity index (χ4n) is 5.77. The number of piperidine rings is 1. The number of allylic oxidation sites excluding steroid dienone is 5. The number of nitrogens with one attached hydrogen (secondary N) is 1. The van der Waals surface area contributed by atoms with Gasteiger partial charge in [-0.15, -0.1) is 0 Å². The summed E-state index contributed by atoms with van der Waals surface area (Å²) in [5.74, 6) is 0.555. The van der Waals surface area contributed by atoms with Gasteiger partial charge in [-0.05, 0) is 83.3 Å². The molecule has 39 heavy (non-hydrogen) atoms. The molecule has 4 aromatic rings. The second-order valence-electron chi connectivity index (χ2n) is 10.3. The molecule has 5 nitrogen and oxygen atoms in total. The smallest absolute Gasteiger partial charge is 0.256 e. The zero-order valence-corrected chi connectivity index (χ0v) is 24.0. The highest BCUT2D eigenvalue weighted by Crippen LogP contribution is 2.36. The molecule has 0 atom stereocenters. The maximum Gasteiger partial charge on any atom is 0.256 e. The zero-order valence-electron chi connectivity index (χ0n) is 21.7. The van der Waals surface area contributed by atoms with Gasteiger partial charge in [0, 0.05) is 40.8 Å². The molecule has 2 aromatic heterocycles. The quantitative estimate of drug-likeness (QED) is 0.251. The summed E-state index contributed by atoms with van der Waals surface area (Å²) in [5.41, 5.74) is 7.05. The predicted octanol–water partition coefficient (Wildman–Crippen LogP) is 8.15. The minimum Gasteiger partial charge on any atom is -0.360 e. The largest absolute Gasteiger partial charge is 0.360 e. The number of likely N-dealkylation sites (tertiary alicyclic amines) is 1. The van der Waals surface area contributed by atoms with Crippen molar-refractivity contribution in [3.05, 3.63) is 112 Å². The van der Waals surface area contributed by atoms with Crippen molar-refractivity contribution in [1.29, 1.82) is 0 Å². The lowest BCUT2D eigenvalue weighted by molar-refractivity contribution is 0.0693. The van der Waals surface area contributed by atoms with E-state index in [4.69, 9.17) is 16.7 Å². The van der Waals surface area contributed by atoms with E-state index in [0.29, 0.717) is 5.92 Å². The third kappa shape index (κ3) is 5.15. The van der Waals surface area contributed by atoms with Crippen molar-refractivity contribution in [2.24, 2.45) is 5.92 Å². The van der Waals surface area contributed by atoms with Gasteiger partial charge in [0.15, 0.2) is 0 Å². The van der Waals surface area contributed by atoms with Crippen LogP contribution in [0.5, 0.6) is 0 Å². The fraction of sp³-hybridized carbons (Fsp3) is 0.250. The molecule has 2 aliphatic rings. The molecule has 1 saturated heterocycles. The van der Waals surface area contributed by atoms with E-state index in [0.717, 1.165) is 99.3 Å². The van der Waals surface area contributed by atoms with Gasteiger partial charge in [-0.1, -0.05) is 60.7 Å². The number of hydrogen-bond donors (Lipinski definition) is 1. The lowest BCUT2D eigenvalue weighted by Gasteiger charge is -2.32. The Morgan fingerprint density at radius 1 is 1.13 bits per heavy atom. The monoisotopic (exact) mass is 600 g/mol. The number of nitrogens with zero attached hydrogens (tertiary/aromatic N) is 3. The first-order valence-electron chi connectivity index (χ1n) is 13.4. The number of amides is 1. The average Bonchev–Trinajstić information content (AvgIpc) is 3.52. The molecular weight excluding hydrogens is 572 g/mol. The highest BCUT2D eigenvalue weighted by atomic mass is 79.9. The molecule has 0 aliphatic carbocycles. The van der Waals surface area contributed by atoms with Crippen molar-refractivity contribution in [1.82, 2.24) is 19.7 Å². The molecule has 7 heteroatoms. The van der Waals surface area contributed by atoms with Crippen molar-refractivity contribution in [2.45, 2.75) is 32.1 Å². The minimum atomic E-state index is 0.105. The van der Waals surface area contributed by atoms with Gasteiger partial charge in [0.25, 0.3) is 5.91 Å². The Morgan fingerprint density at radius 2 is 1.90 bits per heavy atom. The molecule has 2 aromatic carbocycles. The molecule has 4 heterocycles. The van der Waals surface area contributed by atoms with Gasteiger partial charge in [0.05, 0.1) is 27.6 Å². The van der Waals surface area contributed by atoms with Crippen LogP contribution in [0, 0.1) is 5.92 Å². The number of H-pyrrole nitrogens is 1.